The number of carbonyl (C=O) groups is 4. The molecule has 8 heteroatoms. The van der Waals surface area contributed by atoms with Crippen molar-refractivity contribution in [3.63, 3.8) is 0 Å². The molecule has 1 aliphatic heterocycles. The summed E-state index contributed by atoms with van der Waals surface area (Å²) in [6.07, 6.45) is 13.4. The van der Waals surface area contributed by atoms with Crippen LogP contribution in [0.2, 0.25) is 0 Å². The molecule has 0 spiro atoms. The Bertz CT molecular complexity index is 1300. The van der Waals surface area contributed by atoms with E-state index in [0.29, 0.717) is 32.1 Å². The smallest absolute Gasteiger partial charge is 0.309 e. The molecule has 0 bridgehead atoms. The summed E-state index contributed by atoms with van der Waals surface area (Å²) < 4.78 is 19.4. The zero-order chi connectivity index (χ0) is 33.0. The third-order valence-corrected chi connectivity index (χ3v) is 13.4. The number of ketones is 3. The van der Waals surface area contributed by atoms with E-state index in [1.807, 2.05) is 19.9 Å². The highest BCUT2D eigenvalue weighted by Crippen LogP contribution is 2.70. The first-order valence-electron chi connectivity index (χ1n) is 18.0. The number of hydrogen-bond acceptors (Lipinski definition) is 8. The van der Waals surface area contributed by atoms with Crippen molar-refractivity contribution in [1.29, 1.82) is 0 Å². The van der Waals surface area contributed by atoms with Crippen molar-refractivity contribution in [2.75, 3.05) is 6.61 Å². The van der Waals surface area contributed by atoms with Gasteiger partial charge in [-0.3, -0.25) is 19.2 Å². The lowest BCUT2D eigenvalue weighted by Gasteiger charge is -2.59. The van der Waals surface area contributed by atoms with Crippen LogP contribution in [0.3, 0.4) is 0 Å². The summed E-state index contributed by atoms with van der Waals surface area (Å²) in [5, 5.41) is 12.0. The van der Waals surface area contributed by atoms with Gasteiger partial charge in [0, 0.05) is 35.0 Å². The van der Waals surface area contributed by atoms with Crippen LogP contribution in [0.4, 0.5) is 0 Å². The average Bonchev–Trinajstić information content (AvgIpc) is 3.55. The van der Waals surface area contributed by atoms with Gasteiger partial charge in [-0.05, 0) is 75.4 Å². The van der Waals surface area contributed by atoms with E-state index in [1.165, 1.54) is 6.42 Å². The van der Waals surface area contributed by atoms with Gasteiger partial charge < -0.3 is 19.3 Å². The highest BCUT2D eigenvalue weighted by atomic mass is 16.7. The monoisotopic (exact) mass is 638 g/mol. The van der Waals surface area contributed by atoms with Gasteiger partial charge in [-0.25, -0.2) is 0 Å². The third kappa shape index (κ3) is 5.38. The molecule has 0 aromatic rings. The minimum absolute atomic E-state index is 0.00407. The number of carbonyl (C=O) groups excluding carboxylic acids is 4. The van der Waals surface area contributed by atoms with Crippen molar-refractivity contribution >= 4 is 23.3 Å². The van der Waals surface area contributed by atoms with Crippen LogP contribution in [0, 0.1) is 46.3 Å². The molecular formula is C38H54O8. The predicted octanol–water partition coefficient (Wildman–Crippen LogP) is 6.08. The van der Waals surface area contributed by atoms with Crippen LogP contribution in [-0.2, 0) is 33.4 Å². The van der Waals surface area contributed by atoms with Gasteiger partial charge in [0.25, 0.3) is 0 Å². The normalized spacial score (nSPS) is 41.4. The molecule has 5 aliphatic carbocycles. The van der Waals surface area contributed by atoms with Crippen LogP contribution in [0.25, 0.3) is 0 Å². The Labute approximate surface area is 274 Å². The Morgan fingerprint density at radius 2 is 1.78 bits per heavy atom. The molecule has 11 atom stereocenters. The fourth-order valence-electron chi connectivity index (χ4n) is 10.7. The minimum atomic E-state index is -1.31. The van der Waals surface area contributed by atoms with Crippen molar-refractivity contribution in [2.24, 2.45) is 46.3 Å². The number of hydrogen-bond donors (Lipinski definition) is 1. The number of Topliss-reactive ketones (excluding diaryl/α,β-unsaturated/α-hetero) is 2. The van der Waals surface area contributed by atoms with E-state index in [4.69, 9.17) is 14.2 Å². The zero-order valence-electron chi connectivity index (χ0n) is 28.4. The SMILES string of the molecule is CCC(=O)C(C)CCC(C)C(=O)OCC(=O)[C@@]12O[C@H](C3CCCCC3)O[C@@H]1C[C@H]1[C@@H]3CCC4=CC(=O)C=C[C@]4(C)[C@H]3[C@@H](O)C[C@@]12C. The van der Waals surface area contributed by atoms with Gasteiger partial charge >= 0.3 is 5.97 Å². The van der Waals surface area contributed by atoms with Gasteiger partial charge in [0.2, 0.25) is 5.78 Å². The van der Waals surface area contributed by atoms with Crippen LogP contribution in [0.15, 0.2) is 23.8 Å². The highest BCUT2D eigenvalue weighted by molar-refractivity contribution is 6.01. The molecule has 6 rings (SSSR count). The molecular weight excluding hydrogens is 584 g/mol. The van der Waals surface area contributed by atoms with Gasteiger partial charge in [-0.1, -0.05) is 65.5 Å². The van der Waals surface area contributed by atoms with Gasteiger partial charge in [-0.2, -0.15) is 0 Å². The molecule has 0 amide bonds. The summed E-state index contributed by atoms with van der Waals surface area (Å²) in [7, 11) is 0. The standard InChI is InChI=1S/C38H54O8/c1-6-29(40)22(2)12-13-23(3)34(43)44-21-31(42)38-32(45-35(46-38)24-10-8-7-9-11-24)19-28-27-15-14-25-18-26(39)16-17-36(25,4)33(27)30(41)20-37(28,38)5/h16-18,22-24,27-28,30,32-33,35,41H,6-15,19-21H2,1-5H3/t22?,23?,27-,28-,30-,32+,33+,35+,36-,37-,38+/m0/s1. The minimum Gasteiger partial charge on any atom is -0.457 e. The maximum absolute atomic E-state index is 14.6. The number of aliphatic hydroxyl groups excluding tert-OH is 1. The molecule has 1 saturated heterocycles. The van der Waals surface area contributed by atoms with E-state index >= 15 is 0 Å². The fraction of sp³-hybridized carbons (Fsp3) is 0.789. The third-order valence-electron chi connectivity index (χ3n) is 13.4. The molecule has 2 unspecified atom stereocenters. The van der Waals surface area contributed by atoms with Crippen molar-refractivity contribution < 1.29 is 38.5 Å². The second-order valence-electron chi connectivity index (χ2n) is 15.9. The molecule has 46 heavy (non-hydrogen) atoms. The molecule has 8 nitrogen and oxygen atoms in total. The molecule has 0 aromatic heterocycles. The highest BCUT2D eigenvalue weighted by Gasteiger charge is 2.76. The van der Waals surface area contributed by atoms with E-state index in [1.54, 1.807) is 19.1 Å². The van der Waals surface area contributed by atoms with Crippen molar-refractivity contribution in [3.8, 4) is 0 Å². The summed E-state index contributed by atoms with van der Waals surface area (Å²) >= 11 is 0. The maximum atomic E-state index is 14.6. The summed E-state index contributed by atoms with van der Waals surface area (Å²) in [6, 6.07) is 0. The number of aliphatic hydroxyl groups is 1. The lowest BCUT2D eigenvalue weighted by molar-refractivity contribution is -0.210. The van der Waals surface area contributed by atoms with Crippen LogP contribution in [0.1, 0.15) is 112 Å². The molecule has 1 N–H and O–H groups in total. The summed E-state index contributed by atoms with van der Waals surface area (Å²) in [6.45, 7) is 9.38. The van der Waals surface area contributed by atoms with Crippen LogP contribution in [0.5, 0.6) is 0 Å². The first-order valence-corrected chi connectivity index (χ1v) is 18.0. The molecule has 6 aliphatic rings. The average molecular weight is 639 g/mol. The maximum Gasteiger partial charge on any atom is 0.309 e. The van der Waals surface area contributed by atoms with Crippen molar-refractivity contribution in [2.45, 2.75) is 136 Å². The van der Waals surface area contributed by atoms with Crippen LogP contribution < -0.4 is 0 Å². The van der Waals surface area contributed by atoms with Crippen molar-refractivity contribution in [3.05, 3.63) is 23.8 Å². The van der Waals surface area contributed by atoms with Crippen molar-refractivity contribution in [1.82, 2.24) is 0 Å². The van der Waals surface area contributed by atoms with Gasteiger partial charge in [0.1, 0.15) is 5.78 Å². The van der Waals surface area contributed by atoms with E-state index in [0.717, 1.165) is 44.1 Å². The lowest BCUT2D eigenvalue weighted by Crippen LogP contribution is -2.63. The Balaban J connectivity index is 1.25. The Morgan fingerprint density at radius 3 is 2.50 bits per heavy atom. The molecule has 4 saturated carbocycles. The summed E-state index contributed by atoms with van der Waals surface area (Å²) in [5.74, 6) is -0.743. The molecule has 5 fully saturated rings. The van der Waals surface area contributed by atoms with E-state index in [2.05, 4.69) is 13.8 Å². The lowest BCUT2D eigenvalue weighted by atomic mass is 9.46. The topological polar surface area (TPSA) is 116 Å². The molecule has 0 aromatic carbocycles. The molecule has 1 heterocycles. The number of rotatable bonds is 10. The second-order valence-corrected chi connectivity index (χ2v) is 15.9. The zero-order valence-corrected chi connectivity index (χ0v) is 28.4. The predicted molar refractivity (Wildman–Crippen MR) is 171 cm³/mol. The Hall–Kier alpha value is -2.16. The van der Waals surface area contributed by atoms with Gasteiger partial charge in [-0.15, -0.1) is 0 Å². The Morgan fingerprint density at radius 1 is 1.07 bits per heavy atom. The first-order chi connectivity index (χ1) is 21.9. The summed E-state index contributed by atoms with van der Waals surface area (Å²) in [4.78, 5) is 52.0. The number of esters is 1. The van der Waals surface area contributed by atoms with E-state index in [-0.39, 0.29) is 46.9 Å². The van der Waals surface area contributed by atoms with E-state index < -0.39 is 53.4 Å². The quantitative estimate of drug-likeness (QED) is 0.286. The number of allylic oxidation sites excluding steroid dienone is 4. The summed E-state index contributed by atoms with van der Waals surface area (Å²) in [5.41, 5.74) is -1.35. The Kier molecular flexibility index (Phi) is 9.31. The van der Waals surface area contributed by atoms with Gasteiger partial charge in [0.05, 0.1) is 18.1 Å². The molecule has 254 valence electrons. The second kappa shape index (κ2) is 12.7. The van der Waals surface area contributed by atoms with E-state index in [9.17, 15) is 24.3 Å². The number of fused-ring (bicyclic) bond motifs is 7. The van der Waals surface area contributed by atoms with Gasteiger partial charge in [0.15, 0.2) is 24.3 Å². The van der Waals surface area contributed by atoms with Crippen LogP contribution in [-0.4, -0.2) is 59.1 Å². The van der Waals surface area contributed by atoms with Crippen LogP contribution >= 0.6 is 0 Å². The first kappa shape index (κ1) is 33.7. The fourth-order valence-corrected chi connectivity index (χ4v) is 10.7. The number of ether oxygens (including phenoxy) is 3. The largest absolute Gasteiger partial charge is 0.457 e. The molecule has 0 radical (unpaired) electrons.